The summed E-state index contributed by atoms with van der Waals surface area (Å²) in [6.07, 6.45) is 1.82. The van der Waals surface area contributed by atoms with E-state index in [1.165, 1.54) is 0 Å². The van der Waals surface area contributed by atoms with Crippen LogP contribution in [0.25, 0.3) is 11.1 Å². The molecule has 1 aliphatic heterocycles. The summed E-state index contributed by atoms with van der Waals surface area (Å²) in [6.45, 7) is 3.23. The van der Waals surface area contributed by atoms with Crippen molar-refractivity contribution in [3.05, 3.63) is 48.2 Å². The van der Waals surface area contributed by atoms with Crippen molar-refractivity contribution in [2.24, 2.45) is 0 Å². The summed E-state index contributed by atoms with van der Waals surface area (Å²) in [5.41, 5.74) is 2.80. The Kier molecular flexibility index (Phi) is 3.62. The van der Waals surface area contributed by atoms with E-state index in [1.54, 1.807) is 0 Å². The molecule has 4 nitrogen and oxygen atoms in total. The fourth-order valence-electron chi connectivity index (χ4n) is 2.33. The van der Waals surface area contributed by atoms with Gasteiger partial charge in [0.1, 0.15) is 5.82 Å². The Balaban J connectivity index is 1.92. The van der Waals surface area contributed by atoms with Gasteiger partial charge in [0.15, 0.2) is 0 Å². The van der Waals surface area contributed by atoms with Gasteiger partial charge in [0, 0.05) is 19.3 Å². The number of ether oxygens (including phenoxy) is 1. The number of hydrogen-bond donors (Lipinski definition) is 0. The number of anilines is 1. The molecule has 0 bridgehead atoms. The molecule has 0 aliphatic carbocycles. The predicted molar refractivity (Wildman–Crippen MR) is 77.4 cm³/mol. The molecule has 1 fully saturated rings. The van der Waals surface area contributed by atoms with Crippen molar-refractivity contribution in [2.75, 3.05) is 31.2 Å². The summed E-state index contributed by atoms with van der Waals surface area (Å²) in [6, 6.07) is 13.8. The van der Waals surface area contributed by atoms with Crippen molar-refractivity contribution in [1.82, 2.24) is 4.98 Å². The fourth-order valence-corrected chi connectivity index (χ4v) is 2.33. The molecular weight excluding hydrogens is 250 g/mol. The van der Waals surface area contributed by atoms with Crippen LogP contribution in [0.1, 0.15) is 5.56 Å². The normalized spacial score (nSPS) is 14.8. The molecule has 20 heavy (non-hydrogen) atoms. The van der Waals surface area contributed by atoms with E-state index in [2.05, 4.69) is 22.0 Å². The summed E-state index contributed by atoms with van der Waals surface area (Å²) in [5, 5.41) is 8.98. The summed E-state index contributed by atoms with van der Waals surface area (Å²) in [4.78, 5) is 6.66. The summed E-state index contributed by atoms with van der Waals surface area (Å²) < 4.78 is 5.36. The van der Waals surface area contributed by atoms with Crippen LogP contribution in [0.15, 0.2) is 42.6 Å². The zero-order valence-corrected chi connectivity index (χ0v) is 11.1. The largest absolute Gasteiger partial charge is 0.378 e. The highest BCUT2D eigenvalue weighted by Gasteiger charge is 2.12. The van der Waals surface area contributed by atoms with Crippen LogP contribution >= 0.6 is 0 Å². The van der Waals surface area contributed by atoms with Gasteiger partial charge in [0.25, 0.3) is 0 Å². The minimum atomic E-state index is 0.673. The number of nitrogens with zero attached hydrogens (tertiary/aromatic N) is 3. The Morgan fingerprint density at radius 3 is 2.70 bits per heavy atom. The van der Waals surface area contributed by atoms with Crippen LogP contribution in [-0.2, 0) is 4.74 Å². The SMILES string of the molecule is N#Cc1cccc(-c2ccnc(N3CCOCC3)c2)c1. The van der Waals surface area contributed by atoms with Crippen molar-refractivity contribution < 1.29 is 4.74 Å². The molecule has 1 aromatic heterocycles. The highest BCUT2D eigenvalue weighted by molar-refractivity contribution is 5.68. The predicted octanol–water partition coefficient (Wildman–Crippen LogP) is 2.46. The summed E-state index contributed by atoms with van der Waals surface area (Å²) in [5.74, 6) is 0.966. The third-order valence-electron chi connectivity index (χ3n) is 3.41. The van der Waals surface area contributed by atoms with E-state index >= 15 is 0 Å². The van der Waals surface area contributed by atoms with Crippen LogP contribution in [0.4, 0.5) is 5.82 Å². The molecule has 1 saturated heterocycles. The molecule has 0 N–H and O–H groups in total. The van der Waals surface area contributed by atoms with Crippen LogP contribution in [0.5, 0.6) is 0 Å². The lowest BCUT2D eigenvalue weighted by Gasteiger charge is -2.28. The van der Waals surface area contributed by atoms with Crippen molar-refractivity contribution in [3.63, 3.8) is 0 Å². The topological polar surface area (TPSA) is 49.2 Å². The maximum Gasteiger partial charge on any atom is 0.129 e. The molecule has 1 aliphatic rings. The minimum Gasteiger partial charge on any atom is -0.378 e. The van der Waals surface area contributed by atoms with Crippen LogP contribution in [0.3, 0.4) is 0 Å². The molecule has 4 heteroatoms. The third kappa shape index (κ3) is 2.63. The number of pyridine rings is 1. The number of aromatic nitrogens is 1. The van der Waals surface area contributed by atoms with Gasteiger partial charge in [-0.3, -0.25) is 0 Å². The number of nitriles is 1. The molecule has 0 radical (unpaired) electrons. The van der Waals surface area contributed by atoms with E-state index in [0.29, 0.717) is 5.56 Å². The summed E-state index contributed by atoms with van der Waals surface area (Å²) in [7, 11) is 0. The lowest BCUT2D eigenvalue weighted by Crippen LogP contribution is -2.36. The Labute approximate surface area is 118 Å². The highest BCUT2D eigenvalue weighted by atomic mass is 16.5. The van der Waals surface area contributed by atoms with E-state index in [9.17, 15) is 0 Å². The zero-order valence-electron chi connectivity index (χ0n) is 11.1. The Bertz CT molecular complexity index is 642. The molecule has 0 unspecified atom stereocenters. The third-order valence-corrected chi connectivity index (χ3v) is 3.41. The summed E-state index contributed by atoms with van der Waals surface area (Å²) >= 11 is 0. The Morgan fingerprint density at radius 1 is 1.10 bits per heavy atom. The lowest BCUT2D eigenvalue weighted by atomic mass is 10.0. The monoisotopic (exact) mass is 265 g/mol. The molecule has 0 spiro atoms. The molecule has 100 valence electrons. The van der Waals surface area contributed by atoms with Gasteiger partial charge in [-0.05, 0) is 35.4 Å². The van der Waals surface area contributed by atoms with E-state index in [1.807, 2.05) is 36.5 Å². The van der Waals surface area contributed by atoms with E-state index < -0.39 is 0 Å². The van der Waals surface area contributed by atoms with E-state index in [0.717, 1.165) is 43.2 Å². The lowest BCUT2D eigenvalue weighted by molar-refractivity contribution is 0.122. The van der Waals surface area contributed by atoms with Gasteiger partial charge in [0.05, 0.1) is 24.8 Å². The maximum atomic E-state index is 8.98. The van der Waals surface area contributed by atoms with Crippen molar-refractivity contribution in [3.8, 4) is 17.2 Å². The molecule has 0 atom stereocenters. The van der Waals surface area contributed by atoms with E-state index in [-0.39, 0.29) is 0 Å². The van der Waals surface area contributed by atoms with Crippen molar-refractivity contribution in [1.29, 1.82) is 5.26 Å². The molecular formula is C16H15N3O. The van der Waals surface area contributed by atoms with Crippen LogP contribution in [0.2, 0.25) is 0 Å². The number of rotatable bonds is 2. The van der Waals surface area contributed by atoms with Crippen molar-refractivity contribution in [2.45, 2.75) is 0 Å². The van der Waals surface area contributed by atoms with Crippen LogP contribution < -0.4 is 4.90 Å². The first-order valence-electron chi connectivity index (χ1n) is 6.66. The number of hydrogen-bond acceptors (Lipinski definition) is 4. The molecule has 0 amide bonds. The van der Waals surface area contributed by atoms with Gasteiger partial charge in [-0.1, -0.05) is 12.1 Å². The quantitative estimate of drug-likeness (QED) is 0.837. The first-order chi connectivity index (χ1) is 9.86. The van der Waals surface area contributed by atoms with Crippen LogP contribution in [0, 0.1) is 11.3 Å². The first-order valence-corrected chi connectivity index (χ1v) is 6.66. The zero-order chi connectivity index (χ0) is 13.8. The molecule has 2 heterocycles. The maximum absolute atomic E-state index is 8.98. The average Bonchev–Trinajstić information content (AvgIpc) is 2.56. The van der Waals surface area contributed by atoms with E-state index in [4.69, 9.17) is 10.00 Å². The molecule has 0 saturated carbocycles. The number of benzene rings is 1. The van der Waals surface area contributed by atoms with Gasteiger partial charge >= 0.3 is 0 Å². The Hall–Kier alpha value is -2.38. The minimum absolute atomic E-state index is 0.673. The second-order valence-corrected chi connectivity index (χ2v) is 4.69. The second-order valence-electron chi connectivity index (χ2n) is 4.69. The molecule has 1 aromatic carbocycles. The van der Waals surface area contributed by atoms with Crippen molar-refractivity contribution >= 4 is 5.82 Å². The second kappa shape index (κ2) is 5.72. The fraction of sp³-hybridized carbons (Fsp3) is 0.250. The van der Waals surface area contributed by atoms with Gasteiger partial charge in [0.2, 0.25) is 0 Å². The first kappa shape index (κ1) is 12.6. The smallest absolute Gasteiger partial charge is 0.129 e. The van der Waals surface area contributed by atoms with Gasteiger partial charge < -0.3 is 9.64 Å². The number of morpholine rings is 1. The van der Waals surface area contributed by atoms with Crippen LogP contribution in [-0.4, -0.2) is 31.3 Å². The van der Waals surface area contributed by atoms with Gasteiger partial charge in [-0.2, -0.15) is 5.26 Å². The molecule has 2 aromatic rings. The van der Waals surface area contributed by atoms with Gasteiger partial charge in [-0.15, -0.1) is 0 Å². The van der Waals surface area contributed by atoms with Gasteiger partial charge in [-0.25, -0.2) is 4.98 Å². The average molecular weight is 265 g/mol. The molecule has 3 rings (SSSR count). The Morgan fingerprint density at radius 2 is 1.90 bits per heavy atom. The highest BCUT2D eigenvalue weighted by Crippen LogP contribution is 2.24. The standard InChI is InChI=1S/C16H15N3O/c17-12-13-2-1-3-14(10-13)15-4-5-18-16(11-15)19-6-8-20-9-7-19/h1-5,10-11H,6-9H2.